The van der Waals surface area contributed by atoms with Crippen molar-refractivity contribution in [2.45, 2.75) is 30.6 Å². The van der Waals surface area contributed by atoms with Crippen LogP contribution in [0.4, 0.5) is 5.69 Å². The number of rotatable bonds is 7. The standard InChI is InChI=1S/C12H15ClN2O4S/c13-11-6-5-10(8-12(11)15(16)17)20(18,19)14-7-1-2-9-3-4-9/h5-6,8-9,14H,1-4,7H2. The monoisotopic (exact) mass is 318 g/mol. The number of nitro benzene ring substituents is 1. The number of hydrogen-bond donors (Lipinski definition) is 1. The molecule has 1 saturated carbocycles. The molecule has 0 unspecified atom stereocenters. The quantitative estimate of drug-likeness (QED) is 0.475. The number of nitrogens with one attached hydrogen (secondary N) is 1. The summed E-state index contributed by atoms with van der Waals surface area (Å²) in [4.78, 5) is 9.91. The molecule has 0 aliphatic heterocycles. The molecule has 0 atom stereocenters. The van der Waals surface area contributed by atoms with E-state index in [-0.39, 0.29) is 9.92 Å². The van der Waals surface area contributed by atoms with Crippen LogP contribution in [0.3, 0.4) is 0 Å². The molecule has 0 spiro atoms. The Bertz CT molecular complexity index is 614. The minimum absolute atomic E-state index is 0.0808. The van der Waals surface area contributed by atoms with E-state index in [0.717, 1.165) is 24.8 Å². The first-order chi connectivity index (χ1) is 9.40. The smallest absolute Gasteiger partial charge is 0.258 e. The third-order valence-corrected chi connectivity index (χ3v) is 4.98. The zero-order chi connectivity index (χ0) is 14.8. The molecule has 0 amide bonds. The summed E-state index contributed by atoms with van der Waals surface area (Å²) in [7, 11) is -3.72. The van der Waals surface area contributed by atoms with Crippen LogP contribution >= 0.6 is 11.6 Å². The van der Waals surface area contributed by atoms with E-state index in [1.165, 1.54) is 25.0 Å². The molecule has 1 aliphatic rings. The molecule has 1 aromatic rings. The van der Waals surface area contributed by atoms with Crippen molar-refractivity contribution in [3.8, 4) is 0 Å². The van der Waals surface area contributed by atoms with Gasteiger partial charge in [-0.15, -0.1) is 0 Å². The van der Waals surface area contributed by atoms with Gasteiger partial charge in [-0.2, -0.15) is 0 Å². The first kappa shape index (κ1) is 15.2. The highest BCUT2D eigenvalue weighted by molar-refractivity contribution is 7.89. The zero-order valence-corrected chi connectivity index (χ0v) is 12.3. The number of halogens is 1. The van der Waals surface area contributed by atoms with Crippen molar-refractivity contribution in [3.05, 3.63) is 33.3 Å². The lowest BCUT2D eigenvalue weighted by molar-refractivity contribution is -0.384. The molecule has 1 fully saturated rings. The van der Waals surface area contributed by atoms with Crippen LogP contribution in [0.5, 0.6) is 0 Å². The Labute approximate surface area is 122 Å². The van der Waals surface area contributed by atoms with E-state index in [2.05, 4.69) is 4.72 Å². The van der Waals surface area contributed by atoms with Crippen molar-refractivity contribution >= 4 is 27.3 Å². The van der Waals surface area contributed by atoms with Crippen LogP contribution in [-0.2, 0) is 10.0 Å². The van der Waals surface area contributed by atoms with Crippen molar-refractivity contribution in [2.24, 2.45) is 5.92 Å². The molecule has 20 heavy (non-hydrogen) atoms. The Morgan fingerprint density at radius 2 is 2.10 bits per heavy atom. The number of nitro groups is 1. The Morgan fingerprint density at radius 3 is 2.70 bits per heavy atom. The predicted octanol–water partition coefficient (Wildman–Crippen LogP) is 2.72. The lowest BCUT2D eigenvalue weighted by Crippen LogP contribution is -2.25. The van der Waals surface area contributed by atoms with Gasteiger partial charge in [0.25, 0.3) is 5.69 Å². The molecule has 1 N–H and O–H groups in total. The number of nitrogens with zero attached hydrogens (tertiary/aromatic N) is 1. The summed E-state index contributed by atoms with van der Waals surface area (Å²) >= 11 is 5.65. The topological polar surface area (TPSA) is 89.3 Å². The van der Waals surface area contributed by atoms with Crippen molar-refractivity contribution in [2.75, 3.05) is 6.54 Å². The summed E-state index contributed by atoms with van der Waals surface area (Å²) < 4.78 is 26.5. The van der Waals surface area contributed by atoms with Gasteiger partial charge in [-0.3, -0.25) is 10.1 Å². The molecular formula is C12H15ClN2O4S. The highest BCUT2D eigenvalue weighted by Gasteiger charge is 2.22. The minimum atomic E-state index is -3.72. The van der Waals surface area contributed by atoms with E-state index in [1.54, 1.807) is 0 Å². The van der Waals surface area contributed by atoms with Gasteiger partial charge in [0.1, 0.15) is 5.02 Å². The predicted molar refractivity (Wildman–Crippen MR) is 75.3 cm³/mol. The fourth-order valence-electron chi connectivity index (χ4n) is 1.89. The number of benzene rings is 1. The fraction of sp³-hybridized carbons (Fsp3) is 0.500. The maximum atomic E-state index is 12.0. The number of sulfonamides is 1. The van der Waals surface area contributed by atoms with E-state index in [1.807, 2.05) is 0 Å². The second-order valence-corrected chi connectivity index (χ2v) is 7.03. The number of hydrogen-bond acceptors (Lipinski definition) is 4. The maximum Gasteiger partial charge on any atom is 0.289 e. The van der Waals surface area contributed by atoms with Crippen molar-refractivity contribution in [1.29, 1.82) is 0 Å². The van der Waals surface area contributed by atoms with Gasteiger partial charge in [0.05, 0.1) is 9.82 Å². The highest BCUT2D eigenvalue weighted by atomic mass is 35.5. The van der Waals surface area contributed by atoms with Crippen LogP contribution in [0.15, 0.2) is 23.1 Å². The normalized spacial score (nSPS) is 15.2. The summed E-state index contributed by atoms with van der Waals surface area (Å²) in [6.07, 6.45) is 4.26. The van der Waals surface area contributed by atoms with Gasteiger partial charge in [0.15, 0.2) is 0 Å². The summed E-state index contributed by atoms with van der Waals surface area (Å²) in [5.41, 5.74) is -0.410. The average molecular weight is 319 g/mol. The average Bonchev–Trinajstić information content (AvgIpc) is 3.18. The molecule has 2 rings (SSSR count). The van der Waals surface area contributed by atoms with Gasteiger partial charge in [-0.25, -0.2) is 13.1 Å². The highest BCUT2D eigenvalue weighted by Crippen LogP contribution is 2.33. The molecule has 1 aliphatic carbocycles. The van der Waals surface area contributed by atoms with Crippen LogP contribution in [0.25, 0.3) is 0 Å². The third-order valence-electron chi connectivity index (χ3n) is 3.20. The molecule has 0 saturated heterocycles. The molecular weight excluding hydrogens is 304 g/mol. The van der Waals surface area contributed by atoms with Crippen LogP contribution in [0.2, 0.25) is 5.02 Å². The maximum absolute atomic E-state index is 12.0. The van der Waals surface area contributed by atoms with E-state index in [9.17, 15) is 18.5 Å². The molecule has 110 valence electrons. The molecule has 1 aromatic carbocycles. The largest absolute Gasteiger partial charge is 0.289 e. The van der Waals surface area contributed by atoms with Crippen LogP contribution < -0.4 is 4.72 Å². The first-order valence-corrected chi connectivity index (χ1v) is 8.20. The molecule has 8 heteroatoms. The summed E-state index contributed by atoms with van der Waals surface area (Å²) in [6, 6.07) is 3.46. The second-order valence-electron chi connectivity index (χ2n) is 4.85. The minimum Gasteiger partial charge on any atom is -0.258 e. The Morgan fingerprint density at radius 1 is 1.40 bits per heavy atom. The van der Waals surface area contributed by atoms with Gasteiger partial charge in [-0.05, 0) is 30.9 Å². The van der Waals surface area contributed by atoms with Crippen LogP contribution in [0.1, 0.15) is 25.7 Å². The summed E-state index contributed by atoms with van der Waals surface area (Å²) in [6.45, 7) is 0.343. The molecule has 0 bridgehead atoms. The van der Waals surface area contributed by atoms with Gasteiger partial charge >= 0.3 is 0 Å². The van der Waals surface area contributed by atoms with E-state index in [0.29, 0.717) is 6.54 Å². The van der Waals surface area contributed by atoms with Gasteiger partial charge in [-0.1, -0.05) is 24.4 Å². The van der Waals surface area contributed by atoms with Crippen LogP contribution in [-0.4, -0.2) is 19.9 Å². The van der Waals surface area contributed by atoms with Gasteiger partial charge in [0.2, 0.25) is 10.0 Å². The van der Waals surface area contributed by atoms with Crippen molar-refractivity contribution in [3.63, 3.8) is 0 Å². The van der Waals surface area contributed by atoms with E-state index < -0.39 is 20.6 Å². The van der Waals surface area contributed by atoms with Crippen molar-refractivity contribution in [1.82, 2.24) is 4.72 Å². The summed E-state index contributed by atoms with van der Waals surface area (Å²) in [5, 5.41) is 10.7. The molecule has 6 nitrogen and oxygen atoms in total. The second kappa shape index (κ2) is 6.07. The molecule has 0 radical (unpaired) electrons. The SMILES string of the molecule is O=[N+]([O-])c1cc(S(=O)(=O)NCCCC2CC2)ccc1Cl. The van der Waals surface area contributed by atoms with E-state index in [4.69, 9.17) is 11.6 Å². The lowest BCUT2D eigenvalue weighted by atomic mass is 10.2. The Hall–Kier alpha value is -1.18. The van der Waals surface area contributed by atoms with Crippen LogP contribution in [0, 0.1) is 16.0 Å². The molecule has 0 heterocycles. The summed E-state index contributed by atoms with van der Waals surface area (Å²) in [5.74, 6) is 0.746. The van der Waals surface area contributed by atoms with Gasteiger partial charge < -0.3 is 0 Å². The zero-order valence-electron chi connectivity index (χ0n) is 10.7. The third kappa shape index (κ3) is 3.91. The van der Waals surface area contributed by atoms with Gasteiger partial charge in [0, 0.05) is 12.6 Å². The fourth-order valence-corrected chi connectivity index (χ4v) is 3.17. The Balaban J connectivity index is 2.03. The van der Waals surface area contributed by atoms with E-state index >= 15 is 0 Å². The lowest BCUT2D eigenvalue weighted by Gasteiger charge is -2.07. The Kier molecular flexibility index (Phi) is 4.62. The first-order valence-electron chi connectivity index (χ1n) is 6.34. The van der Waals surface area contributed by atoms with Crippen molar-refractivity contribution < 1.29 is 13.3 Å². The molecule has 0 aromatic heterocycles.